The van der Waals surface area contributed by atoms with Crippen LogP contribution in [-0.2, 0) is 4.79 Å². The molecule has 2 aromatic rings. The predicted molar refractivity (Wildman–Crippen MR) is 63.9 cm³/mol. The molecule has 0 fully saturated rings. The van der Waals surface area contributed by atoms with Crippen LogP contribution in [0.1, 0.15) is 15.2 Å². The van der Waals surface area contributed by atoms with Crippen LogP contribution < -0.4 is 5.32 Å². The Morgan fingerprint density at radius 1 is 1.19 bits per heavy atom. The van der Waals surface area contributed by atoms with Gasteiger partial charge in [-0.3, -0.25) is 9.59 Å². The molecule has 0 atom stereocenters. The maximum Gasteiger partial charge on any atom is 0.211 e. The van der Waals surface area contributed by atoms with Gasteiger partial charge in [0.1, 0.15) is 0 Å². The Morgan fingerprint density at radius 3 is 2.50 bits per heavy atom. The third kappa shape index (κ3) is 2.17. The van der Waals surface area contributed by atoms with Crippen LogP contribution in [0, 0.1) is 0 Å². The van der Waals surface area contributed by atoms with Crippen LogP contribution in [0.2, 0.25) is 0 Å². The van der Waals surface area contributed by atoms with Crippen molar-refractivity contribution in [2.75, 3.05) is 5.32 Å². The van der Waals surface area contributed by atoms with Crippen LogP contribution in [0.25, 0.3) is 0 Å². The van der Waals surface area contributed by atoms with Crippen molar-refractivity contribution in [1.29, 1.82) is 0 Å². The Kier molecular flexibility index (Phi) is 3.12. The number of carbonyl (C=O) groups is 2. The van der Waals surface area contributed by atoms with Crippen molar-refractivity contribution in [2.24, 2.45) is 0 Å². The molecule has 16 heavy (non-hydrogen) atoms. The minimum absolute atomic E-state index is 0.00709. The van der Waals surface area contributed by atoms with E-state index in [1.165, 1.54) is 11.3 Å². The van der Waals surface area contributed by atoms with Gasteiger partial charge < -0.3 is 5.32 Å². The minimum atomic E-state index is 0.00709. The van der Waals surface area contributed by atoms with Crippen LogP contribution >= 0.6 is 11.3 Å². The number of anilines is 1. The van der Waals surface area contributed by atoms with Gasteiger partial charge in [0.2, 0.25) is 12.2 Å². The number of nitrogens with one attached hydrogen (secondary N) is 1. The standard InChI is InChI=1S/C12H9NO2S/c14-8-13-10-5-3-9(4-6-10)12(15)11-2-1-7-16-11/h1-8H,(H,13,14). The number of benzene rings is 1. The quantitative estimate of drug-likeness (QED) is 0.649. The molecule has 2 rings (SSSR count). The summed E-state index contributed by atoms with van der Waals surface area (Å²) in [6.07, 6.45) is 0.607. The van der Waals surface area contributed by atoms with Crippen LogP contribution in [-0.4, -0.2) is 12.2 Å². The summed E-state index contributed by atoms with van der Waals surface area (Å²) in [7, 11) is 0. The van der Waals surface area contributed by atoms with Gasteiger partial charge >= 0.3 is 0 Å². The maximum atomic E-state index is 11.9. The minimum Gasteiger partial charge on any atom is -0.329 e. The van der Waals surface area contributed by atoms with E-state index in [0.717, 1.165) is 4.88 Å². The predicted octanol–water partition coefficient (Wildman–Crippen LogP) is 2.55. The largest absolute Gasteiger partial charge is 0.329 e. The normalized spacial score (nSPS) is 9.75. The Morgan fingerprint density at radius 2 is 1.94 bits per heavy atom. The summed E-state index contributed by atoms with van der Waals surface area (Å²) in [5.74, 6) is 0.00709. The van der Waals surface area contributed by atoms with E-state index in [-0.39, 0.29) is 5.78 Å². The number of hydrogen-bond donors (Lipinski definition) is 1. The van der Waals surface area contributed by atoms with Gasteiger partial charge in [0.15, 0.2) is 0 Å². The van der Waals surface area contributed by atoms with Crippen molar-refractivity contribution in [2.45, 2.75) is 0 Å². The molecule has 1 aromatic heterocycles. The lowest BCUT2D eigenvalue weighted by Gasteiger charge is -2.00. The lowest BCUT2D eigenvalue weighted by molar-refractivity contribution is -0.105. The second-order valence-electron chi connectivity index (χ2n) is 3.15. The fourth-order valence-electron chi connectivity index (χ4n) is 1.34. The third-order valence-electron chi connectivity index (χ3n) is 2.12. The van der Waals surface area contributed by atoms with Crippen LogP contribution in [0.4, 0.5) is 5.69 Å². The smallest absolute Gasteiger partial charge is 0.211 e. The van der Waals surface area contributed by atoms with Crippen LogP contribution in [0.5, 0.6) is 0 Å². The van der Waals surface area contributed by atoms with E-state index in [0.29, 0.717) is 17.7 Å². The second kappa shape index (κ2) is 4.72. The van der Waals surface area contributed by atoms with Crippen molar-refractivity contribution in [3.05, 3.63) is 52.2 Å². The number of rotatable bonds is 4. The summed E-state index contributed by atoms with van der Waals surface area (Å²) >= 11 is 1.42. The van der Waals surface area contributed by atoms with Gasteiger partial charge in [-0.25, -0.2) is 0 Å². The molecule has 0 bridgehead atoms. The average molecular weight is 231 g/mol. The van der Waals surface area contributed by atoms with Gasteiger partial charge in [-0.2, -0.15) is 0 Å². The summed E-state index contributed by atoms with van der Waals surface area (Å²) in [6.45, 7) is 0. The second-order valence-corrected chi connectivity index (χ2v) is 4.09. The Labute approximate surface area is 96.7 Å². The van der Waals surface area contributed by atoms with Gasteiger partial charge in [0.05, 0.1) is 4.88 Å². The highest BCUT2D eigenvalue weighted by molar-refractivity contribution is 7.12. The molecule has 1 aromatic carbocycles. The first-order valence-corrected chi connectivity index (χ1v) is 5.57. The van der Waals surface area contributed by atoms with E-state index >= 15 is 0 Å². The molecule has 0 aliphatic heterocycles. The number of hydrogen-bond acceptors (Lipinski definition) is 3. The first-order valence-electron chi connectivity index (χ1n) is 4.70. The first-order chi connectivity index (χ1) is 7.81. The van der Waals surface area contributed by atoms with Gasteiger partial charge in [0, 0.05) is 11.3 Å². The molecule has 3 nitrogen and oxygen atoms in total. The molecule has 80 valence electrons. The molecular formula is C12H9NO2S. The van der Waals surface area contributed by atoms with E-state index in [4.69, 9.17) is 0 Å². The lowest BCUT2D eigenvalue weighted by Crippen LogP contribution is -1.99. The van der Waals surface area contributed by atoms with Gasteiger partial charge in [-0.15, -0.1) is 11.3 Å². The molecule has 0 unspecified atom stereocenters. The van der Waals surface area contributed by atoms with Crippen LogP contribution in [0.3, 0.4) is 0 Å². The number of carbonyl (C=O) groups excluding carboxylic acids is 2. The van der Waals surface area contributed by atoms with E-state index in [2.05, 4.69) is 5.32 Å². The highest BCUT2D eigenvalue weighted by Gasteiger charge is 2.09. The van der Waals surface area contributed by atoms with Crippen molar-refractivity contribution < 1.29 is 9.59 Å². The summed E-state index contributed by atoms with van der Waals surface area (Å²) in [5.41, 5.74) is 1.30. The van der Waals surface area contributed by atoms with Crippen molar-refractivity contribution in [1.82, 2.24) is 0 Å². The molecule has 0 aliphatic carbocycles. The summed E-state index contributed by atoms with van der Waals surface area (Å²) in [4.78, 5) is 22.8. The summed E-state index contributed by atoms with van der Waals surface area (Å²) in [5, 5.41) is 4.39. The van der Waals surface area contributed by atoms with Gasteiger partial charge in [0.25, 0.3) is 0 Å². The van der Waals surface area contributed by atoms with Gasteiger partial charge in [-0.1, -0.05) is 6.07 Å². The topological polar surface area (TPSA) is 46.2 Å². The Bertz CT molecular complexity index is 488. The lowest BCUT2D eigenvalue weighted by atomic mass is 10.1. The van der Waals surface area contributed by atoms with E-state index in [9.17, 15) is 9.59 Å². The zero-order chi connectivity index (χ0) is 11.4. The fraction of sp³-hybridized carbons (Fsp3) is 0. The number of amides is 1. The molecule has 0 radical (unpaired) electrons. The first kappa shape index (κ1) is 10.6. The maximum absolute atomic E-state index is 11.9. The molecule has 1 N–H and O–H groups in total. The number of thiophene rings is 1. The SMILES string of the molecule is O=CNc1ccc(C(=O)c2cccs2)cc1. The Hall–Kier alpha value is -1.94. The molecule has 0 saturated carbocycles. The Balaban J connectivity index is 2.22. The fourth-order valence-corrected chi connectivity index (χ4v) is 2.02. The van der Waals surface area contributed by atoms with Crippen molar-refractivity contribution in [3.63, 3.8) is 0 Å². The zero-order valence-corrected chi connectivity index (χ0v) is 9.16. The van der Waals surface area contributed by atoms with E-state index in [1.54, 1.807) is 30.3 Å². The van der Waals surface area contributed by atoms with Gasteiger partial charge in [-0.05, 0) is 35.7 Å². The molecule has 4 heteroatoms. The molecule has 0 spiro atoms. The summed E-state index contributed by atoms with van der Waals surface area (Å²) < 4.78 is 0. The van der Waals surface area contributed by atoms with Crippen molar-refractivity contribution >= 4 is 29.2 Å². The monoisotopic (exact) mass is 231 g/mol. The van der Waals surface area contributed by atoms with Crippen LogP contribution in [0.15, 0.2) is 41.8 Å². The highest BCUT2D eigenvalue weighted by Crippen LogP contribution is 2.16. The average Bonchev–Trinajstić information content (AvgIpc) is 2.83. The molecular weight excluding hydrogens is 222 g/mol. The number of ketones is 1. The highest BCUT2D eigenvalue weighted by atomic mass is 32.1. The molecule has 0 saturated heterocycles. The summed E-state index contributed by atoms with van der Waals surface area (Å²) in [6, 6.07) is 10.5. The molecule has 0 aliphatic rings. The molecule has 1 heterocycles. The van der Waals surface area contributed by atoms with Crippen molar-refractivity contribution in [3.8, 4) is 0 Å². The zero-order valence-electron chi connectivity index (χ0n) is 8.34. The van der Waals surface area contributed by atoms with E-state index < -0.39 is 0 Å². The van der Waals surface area contributed by atoms with E-state index in [1.807, 2.05) is 11.4 Å². The third-order valence-corrected chi connectivity index (χ3v) is 2.99. The molecule has 1 amide bonds.